The van der Waals surface area contributed by atoms with Gasteiger partial charge < -0.3 is 14.6 Å². The number of rotatable bonds is 7. The zero-order valence-electron chi connectivity index (χ0n) is 16.2. The first-order chi connectivity index (χ1) is 13.7. The lowest BCUT2D eigenvalue weighted by Crippen LogP contribution is -2.40. The van der Waals surface area contributed by atoms with E-state index in [1.807, 2.05) is 35.2 Å². The van der Waals surface area contributed by atoms with E-state index in [9.17, 15) is 4.79 Å². The Bertz CT molecular complexity index is 947. The van der Waals surface area contributed by atoms with Gasteiger partial charge in [-0.05, 0) is 24.1 Å². The fourth-order valence-corrected chi connectivity index (χ4v) is 3.93. The van der Waals surface area contributed by atoms with Crippen LogP contribution >= 0.6 is 0 Å². The Morgan fingerprint density at radius 2 is 2.11 bits per heavy atom. The lowest BCUT2D eigenvalue weighted by atomic mass is 9.93. The first-order valence-electron chi connectivity index (χ1n) is 9.94. The Balaban J connectivity index is 1.37. The minimum atomic E-state index is 0.0489. The number of benzene rings is 1. The number of hydrogen-bond donors (Lipinski definition) is 1. The molecule has 6 heteroatoms. The summed E-state index contributed by atoms with van der Waals surface area (Å²) in [5, 5.41) is 4.36. The maximum Gasteiger partial charge on any atom is 0.222 e. The molecule has 1 aromatic carbocycles. The number of hydrogen-bond acceptors (Lipinski definition) is 4. The minimum absolute atomic E-state index is 0.0489. The van der Waals surface area contributed by atoms with E-state index >= 15 is 0 Å². The van der Waals surface area contributed by atoms with E-state index in [4.69, 9.17) is 4.74 Å². The molecule has 0 saturated carbocycles. The first kappa shape index (κ1) is 18.6. The number of fused-ring (bicyclic) bond motifs is 1. The van der Waals surface area contributed by atoms with Gasteiger partial charge in [0.15, 0.2) is 0 Å². The predicted octanol–water partition coefficient (Wildman–Crippen LogP) is 2.76. The fourth-order valence-electron chi connectivity index (χ4n) is 3.93. The largest absolute Gasteiger partial charge is 0.379 e. The van der Waals surface area contributed by atoms with Crippen molar-refractivity contribution in [1.82, 2.24) is 19.9 Å². The molecule has 1 amide bonds. The molecule has 0 aliphatic carbocycles. The van der Waals surface area contributed by atoms with Gasteiger partial charge in [0.1, 0.15) is 5.82 Å². The van der Waals surface area contributed by atoms with Crippen LogP contribution in [0.2, 0.25) is 0 Å². The van der Waals surface area contributed by atoms with E-state index in [0.29, 0.717) is 26.2 Å². The van der Waals surface area contributed by atoms with Crippen LogP contribution in [0.1, 0.15) is 24.7 Å². The number of carbonyl (C=O) groups excluding carboxylic acids is 1. The van der Waals surface area contributed by atoms with Crippen molar-refractivity contribution in [2.75, 3.05) is 13.2 Å². The summed E-state index contributed by atoms with van der Waals surface area (Å²) >= 11 is 0. The fraction of sp³-hybridized carbons (Fsp3) is 0.409. The normalized spacial score (nSPS) is 19.2. The van der Waals surface area contributed by atoms with Gasteiger partial charge in [-0.15, -0.1) is 0 Å². The van der Waals surface area contributed by atoms with Crippen molar-refractivity contribution < 1.29 is 9.53 Å². The summed E-state index contributed by atoms with van der Waals surface area (Å²) in [4.78, 5) is 21.2. The van der Waals surface area contributed by atoms with Crippen LogP contribution in [0.15, 0.2) is 48.9 Å². The monoisotopic (exact) mass is 378 g/mol. The molecule has 0 bridgehead atoms. The number of nitrogens with one attached hydrogen (secondary N) is 1. The van der Waals surface area contributed by atoms with Crippen molar-refractivity contribution in [1.29, 1.82) is 0 Å². The average molecular weight is 378 g/mol. The van der Waals surface area contributed by atoms with Crippen LogP contribution in [0.4, 0.5) is 0 Å². The van der Waals surface area contributed by atoms with Crippen LogP contribution in [-0.4, -0.2) is 39.7 Å². The highest BCUT2D eigenvalue weighted by Crippen LogP contribution is 2.24. The number of amides is 1. The highest BCUT2D eigenvalue weighted by atomic mass is 16.5. The summed E-state index contributed by atoms with van der Waals surface area (Å²) in [6, 6.07) is 10.3. The molecule has 0 spiro atoms. The van der Waals surface area contributed by atoms with Gasteiger partial charge in [0.25, 0.3) is 0 Å². The quantitative estimate of drug-likeness (QED) is 0.686. The standard InChI is InChI=1S/C22H26N4O2/c1-2-21-24-10-12-26(21)11-8-22(27)25-20-15-28-14-17(20)13-16-7-9-23-19-6-4-3-5-18(16)19/h3-7,9-10,12,17,20H,2,8,11,13-15H2,1H3,(H,25,27)/t17-,20-/m1/s1. The zero-order chi connectivity index (χ0) is 19.3. The van der Waals surface area contributed by atoms with E-state index in [2.05, 4.69) is 34.3 Å². The lowest BCUT2D eigenvalue weighted by Gasteiger charge is -2.20. The van der Waals surface area contributed by atoms with E-state index < -0.39 is 0 Å². The third-order valence-electron chi connectivity index (χ3n) is 5.46. The van der Waals surface area contributed by atoms with Crippen molar-refractivity contribution in [2.24, 2.45) is 5.92 Å². The SMILES string of the molecule is CCc1nccn1CCC(=O)N[C@@H]1COC[C@H]1Cc1ccnc2ccccc12. The van der Waals surface area contributed by atoms with Gasteiger partial charge in [-0.3, -0.25) is 9.78 Å². The van der Waals surface area contributed by atoms with Gasteiger partial charge in [0, 0.05) is 49.3 Å². The Morgan fingerprint density at radius 3 is 3.00 bits per heavy atom. The molecule has 2 atom stereocenters. The molecule has 1 aliphatic heterocycles. The van der Waals surface area contributed by atoms with Crippen molar-refractivity contribution in [3.05, 3.63) is 60.3 Å². The molecule has 3 heterocycles. The molecule has 28 heavy (non-hydrogen) atoms. The van der Waals surface area contributed by atoms with Gasteiger partial charge >= 0.3 is 0 Å². The number of para-hydroxylation sites is 1. The van der Waals surface area contributed by atoms with Crippen LogP contribution in [0.25, 0.3) is 10.9 Å². The molecule has 4 rings (SSSR count). The molecule has 0 radical (unpaired) electrons. The number of aromatic nitrogens is 3. The topological polar surface area (TPSA) is 69.0 Å². The maximum atomic E-state index is 12.5. The third kappa shape index (κ3) is 4.07. The average Bonchev–Trinajstić information content (AvgIpc) is 3.36. The second-order valence-corrected chi connectivity index (χ2v) is 7.30. The van der Waals surface area contributed by atoms with Crippen molar-refractivity contribution in [2.45, 2.75) is 38.8 Å². The Morgan fingerprint density at radius 1 is 1.21 bits per heavy atom. The number of pyridine rings is 1. The maximum absolute atomic E-state index is 12.5. The van der Waals surface area contributed by atoms with Crippen LogP contribution in [-0.2, 0) is 28.9 Å². The summed E-state index contributed by atoms with van der Waals surface area (Å²) in [5.41, 5.74) is 2.26. The van der Waals surface area contributed by atoms with E-state index in [1.165, 1.54) is 10.9 Å². The van der Waals surface area contributed by atoms with Crippen molar-refractivity contribution in [3.63, 3.8) is 0 Å². The van der Waals surface area contributed by atoms with Gasteiger partial charge in [-0.1, -0.05) is 25.1 Å². The van der Waals surface area contributed by atoms with E-state index in [0.717, 1.165) is 24.2 Å². The van der Waals surface area contributed by atoms with Crippen molar-refractivity contribution >= 4 is 16.8 Å². The second-order valence-electron chi connectivity index (χ2n) is 7.30. The predicted molar refractivity (Wildman–Crippen MR) is 108 cm³/mol. The molecule has 1 saturated heterocycles. The number of aryl methyl sites for hydroxylation is 2. The third-order valence-corrected chi connectivity index (χ3v) is 5.46. The highest BCUT2D eigenvalue weighted by Gasteiger charge is 2.30. The molecule has 1 fully saturated rings. The number of imidazole rings is 1. The molecule has 1 aliphatic rings. The Labute approximate surface area is 164 Å². The molecule has 3 aromatic rings. The molecule has 0 unspecified atom stereocenters. The molecular formula is C22H26N4O2. The smallest absolute Gasteiger partial charge is 0.222 e. The number of ether oxygens (including phenoxy) is 1. The van der Waals surface area contributed by atoms with Gasteiger partial charge in [-0.25, -0.2) is 4.98 Å². The summed E-state index contributed by atoms with van der Waals surface area (Å²) < 4.78 is 7.74. The molecular weight excluding hydrogens is 352 g/mol. The van der Waals surface area contributed by atoms with E-state index in [1.54, 1.807) is 6.20 Å². The second kappa shape index (κ2) is 8.52. The number of nitrogens with zero attached hydrogens (tertiary/aromatic N) is 3. The molecule has 6 nitrogen and oxygen atoms in total. The summed E-state index contributed by atoms with van der Waals surface area (Å²) in [6.07, 6.45) is 7.77. The van der Waals surface area contributed by atoms with Gasteiger partial charge in [-0.2, -0.15) is 0 Å². The molecule has 1 N–H and O–H groups in total. The van der Waals surface area contributed by atoms with Gasteiger partial charge in [0.2, 0.25) is 5.91 Å². The first-order valence-corrected chi connectivity index (χ1v) is 9.94. The van der Waals surface area contributed by atoms with E-state index in [-0.39, 0.29) is 17.9 Å². The van der Waals surface area contributed by atoms with Crippen LogP contribution in [0.5, 0.6) is 0 Å². The summed E-state index contributed by atoms with van der Waals surface area (Å²) in [7, 11) is 0. The Hall–Kier alpha value is -2.73. The molecule has 146 valence electrons. The summed E-state index contributed by atoms with van der Waals surface area (Å²) in [6.45, 7) is 3.97. The van der Waals surface area contributed by atoms with Crippen molar-refractivity contribution in [3.8, 4) is 0 Å². The number of carbonyl (C=O) groups is 1. The highest BCUT2D eigenvalue weighted by molar-refractivity contribution is 5.82. The lowest BCUT2D eigenvalue weighted by molar-refractivity contribution is -0.122. The van der Waals surface area contributed by atoms with Gasteiger partial charge in [0.05, 0.1) is 24.8 Å². The summed E-state index contributed by atoms with van der Waals surface area (Å²) in [5.74, 6) is 1.35. The Kier molecular flexibility index (Phi) is 5.67. The van der Waals surface area contributed by atoms with Crippen LogP contribution in [0.3, 0.4) is 0 Å². The zero-order valence-corrected chi connectivity index (χ0v) is 16.2. The molecule has 2 aromatic heterocycles. The van der Waals surface area contributed by atoms with Crippen LogP contribution < -0.4 is 5.32 Å². The van der Waals surface area contributed by atoms with Crippen LogP contribution in [0, 0.1) is 5.92 Å². The minimum Gasteiger partial charge on any atom is -0.379 e.